The number of aliphatic carboxylic acids is 2. The minimum absolute atomic E-state index is 0. The van der Waals surface area contributed by atoms with E-state index in [1.54, 1.807) is 23.5 Å². The summed E-state index contributed by atoms with van der Waals surface area (Å²) >= 11 is 3.21. The van der Waals surface area contributed by atoms with E-state index in [2.05, 4.69) is 0 Å². The van der Waals surface area contributed by atoms with Gasteiger partial charge in [-0.15, -0.1) is 0 Å². The SMILES string of the molecule is CSCC[C@H](N)C(=O)O.CSCC[C@H](N)C(=O)O.[SeH2]. The van der Waals surface area contributed by atoms with Crippen LogP contribution in [0.2, 0.25) is 0 Å². The fourth-order valence-electron chi connectivity index (χ4n) is 0.737. The van der Waals surface area contributed by atoms with E-state index in [1.165, 1.54) is 0 Å². The van der Waals surface area contributed by atoms with Crippen molar-refractivity contribution >= 4 is 52.5 Å². The number of carboxylic acids is 2. The molecule has 0 radical (unpaired) electrons. The Kier molecular flexibility index (Phi) is 20.5. The predicted octanol–water partition coefficient (Wildman–Crippen LogP) is -0.613. The van der Waals surface area contributed by atoms with Crippen molar-refractivity contribution in [3.8, 4) is 0 Å². The molecule has 6 N–H and O–H groups in total. The average Bonchev–Trinajstić information content (AvgIpc) is 2.33. The van der Waals surface area contributed by atoms with Crippen LogP contribution in [-0.2, 0) is 9.59 Å². The summed E-state index contributed by atoms with van der Waals surface area (Å²) in [5.74, 6) is -0.200. The van der Waals surface area contributed by atoms with Crippen LogP contribution in [0.3, 0.4) is 0 Å². The summed E-state index contributed by atoms with van der Waals surface area (Å²) in [6.45, 7) is 0. The summed E-state index contributed by atoms with van der Waals surface area (Å²) in [5, 5.41) is 16.5. The van der Waals surface area contributed by atoms with Gasteiger partial charge in [0.25, 0.3) is 0 Å². The van der Waals surface area contributed by atoms with Gasteiger partial charge in [-0.1, -0.05) is 0 Å². The summed E-state index contributed by atoms with van der Waals surface area (Å²) in [6.07, 6.45) is 4.95. The van der Waals surface area contributed by atoms with Gasteiger partial charge in [0.2, 0.25) is 0 Å². The number of nitrogens with two attached hydrogens (primary N) is 2. The molecule has 0 aliphatic rings. The van der Waals surface area contributed by atoms with Crippen LogP contribution in [0.5, 0.6) is 0 Å². The van der Waals surface area contributed by atoms with Crippen molar-refractivity contribution in [2.75, 3.05) is 24.0 Å². The number of carbonyl (C=O) groups is 2. The molecule has 0 rings (SSSR count). The van der Waals surface area contributed by atoms with Gasteiger partial charge in [-0.3, -0.25) is 9.59 Å². The van der Waals surface area contributed by atoms with Gasteiger partial charge in [0.1, 0.15) is 12.1 Å². The normalized spacial score (nSPS) is 12.4. The number of carboxylic acid groups (broad SMARTS) is 2. The van der Waals surface area contributed by atoms with E-state index in [0.717, 1.165) is 11.5 Å². The number of hydrogen-bond acceptors (Lipinski definition) is 6. The third-order valence-corrected chi connectivity index (χ3v) is 3.19. The topological polar surface area (TPSA) is 127 Å². The van der Waals surface area contributed by atoms with Gasteiger partial charge in [-0.05, 0) is 36.9 Å². The molecule has 0 bridgehead atoms. The Labute approximate surface area is 132 Å². The molecule has 0 fully saturated rings. The van der Waals surface area contributed by atoms with Crippen LogP contribution < -0.4 is 11.5 Å². The molecule has 0 aliphatic carbocycles. The van der Waals surface area contributed by atoms with Crippen molar-refractivity contribution in [3.05, 3.63) is 0 Å². The second kappa shape index (κ2) is 16.1. The second-order valence-electron chi connectivity index (χ2n) is 3.45. The van der Waals surface area contributed by atoms with Crippen LogP contribution in [0.1, 0.15) is 12.8 Å². The summed E-state index contributed by atoms with van der Waals surface area (Å²) in [6, 6.07) is -1.37. The quantitative estimate of drug-likeness (QED) is 0.411. The van der Waals surface area contributed by atoms with E-state index in [0.29, 0.717) is 12.8 Å². The molecule has 0 amide bonds. The van der Waals surface area contributed by atoms with Crippen LogP contribution in [0, 0.1) is 0 Å². The molecule has 0 aliphatic heterocycles. The first-order valence-corrected chi connectivity index (χ1v) is 8.10. The van der Waals surface area contributed by atoms with E-state index < -0.39 is 24.0 Å². The molecular formula is C10H24N2O4S2Se. The van der Waals surface area contributed by atoms with Crippen molar-refractivity contribution in [1.82, 2.24) is 0 Å². The van der Waals surface area contributed by atoms with Gasteiger partial charge < -0.3 is 21.7 Å². The molecule has 0 heterocycles. The Morgan fingerprint density at radius 1 is 0.947 bits per heavy atom. The minimum atomic E-state index is -0.913. The Balaban J connectivity index is -0.000000256. The van der Waals surface area contributed by atoms with Gasteiger partial charge in [0, 0.05) is 0 Å². The molecule has 0 aromatic carbocycles. The second-order valence-corrected chi connectivity index (χ2v) is 5.42. The van der Waals surface area contributed by atoms with Gasteiger partial charge >= 0.3 is 29.0 Å². The maximum atomic E-state index is 10.1. The fraction of sp³-hybridized carbons (Fsp3) is 0.800. The van der Waals surface area contributed by atoms with E-state index in [-0.39, 0.29) is 17.1 Å². The predicted molar refractivity (Wildman–Crippen MR) is 85.8 cm³/mol. The first-order valence-electron chi connectivity index (χ1n) is 5.31. The van der Waals surface area contributed by atoms with E-state index in [4.69, 9.17) is 21.7 Å². The summed E-state index contributed by atoms with van der Waals surface area (Å²) in [7, 11) is 0. The standard InChI is InChI=1S/2C5H11NO2S.H2Se/c2*1-9-3-2-4(6)5(7)8;/h2*4H,2-3,6H2,1H3,(H,7,8);1H2/t2*4-;/m00./s1. The first-order chi connectivity index (χ1) is 8.36. The molecule has 19 heavy (non-hydrogen) atoms. The Bertz CT molecular complexity index is 224. The maximum absolute atomic E-state index is 10.1. The van der Waals surface area contributed by atoms with Crippen LogP contribution in [-0.4, -0.2) is 75.3 Å². The van der Waals surface area contributed by atoms with Crippen molar-refractivity contribution < 1.29 is 19.8 Å². The third-order valence-electron chi connectivity index (χ3n) is 1.90. The first kappa shape index (κ1) is 24.1. The van der Waals surface area contributed by atoms with Crippen LogP contribution >= 0.6 is 23.5 Å². The van der Waals surface area contributed by atoms with Gasteiger partial charge in [-0.2, -0.15) is 23.5 Å². The zero-order valence-corrected chi connectivity index (χ0v) is 14.9. The molecule has 0 spiro atoms. The van der Waals surface area contributed by atoms with Gasteiger partial charge in [-0.25, -0.2) is 0 Å². The van der Waals surface area contributed by atoms with Gasteiger partial charge in [0.05, 0.1) is 0 Å². The van der Waals surface area contributed by atoms with Crippen LogP contribution in [0.25, 0.3) is 0 Å². The molecule has 2 atom stereocenters. The van der Waals surface area contributed by atoms with E-state index in [1.807, 2.05) is 12.5 Å². The molecule has 116 valence electrons. The molecule has 0 aromatic heterocycles. The van der Waals surface area contributed by atoms with Crippen LogP contribution in [0.4, 0.5) is 0 Å². The summed E-state index contributed by atoms with van der Waals surface area (Å²) in [4.78, 5) is 20.1. The summed E-state index contributed by atoms with van der Waals surface area (Å²) < 4.78 is 0. The average molecular weight is 379 g/mol. The molecule has 0 unspecified atom stereocenters. The van der Waals surface area contributed by atoms with Crippen molar-refractivity contribution in [3.63, 3.8) is 0 Å². The Hall–Kier alpha value is 0.0795. The van der Waals surface area contributed by atoms with Crippen molar-refractivity contribution in [2.24, 2.45) is 11.5 Å². The zero-order valence-electron chi connectivity index (χ0n) is 11.2. The van der Waals surface area contributed by atoms with Crippen molar-refractivity contribution in [1.29, 1.82) is 0 Å². The number of rotatable bonds is 8. The van der Waals surface area contributed by atoms with Crippen LogP contribution in [0.15, 0.2) is 0 Å². The van der Waals surface area contributed by atoms with E-state index in [9.17, 15) is 9.59 Å². The fourth-order valence-corrected chi connectivity index (χ4v) is 1.72. The Morgan fingerprint density at radius 3 is 1.37 bits per heavy atom. The van der Waals surface area contributed by atoms with Crippen molar-refractivity contribution in [2.45, 2.75) is 24.9 Å². The number of thioether (sulfide) groups is 2. The molecular weight excluding hydrogens is 355 g/mol. The zero-order chi connectivity index (χ0) is 14.6. The molecule has 0 saturated carbocycles. The number of hydrogen-bond donors (Lipinski definition) is 4. The molecule has 6 nitrogen and oxygen atoms in total. The monoisotopic (exact) mass is 380 g/mol. The third kappa shape index (κ3) is 18.1. The summed E-state index contributed by atoms with van der Waals surface area (Å²) in [5.41, 5.74) is 10.4. The Morgan fingerprint density at radius 2 is 1.21 bits per heavy atom. The van der Waals surface area contributed by atoms with E-state index >= 15 is 0 Å². The molecule has 0 saturated heterocycles. The molecule has 9 heteroatoms. The van der Waals surface area contributed by atoms with Gasteiger partial charge in [0.15, 0.2) is 0 Å². The molecule has 0 aromatic rings.